The minimum Gasteiger partial charge on any atom is -0.376 e. The summed E-state index contributed by atoms with van der Waals surface area (Å²) in [5, 5.41) is 7.10. The summed E-state index contributed by atoms with van der Waals surface area (Å²) in [4.78, 5) is 21.7. The average Bonchev–Trinajstić information content (AvgIpc) is 2.80. The molecule has 0 radical (unpaired) electrons. The summed E-state index contributed by atoms with van der Waals surface area (Å²) >= 11 is 6.41. The van der Waals surface area contributed by atoms with Gasteiger partial charge in [0.1, 0.15) is 11.6 Å². The first-order chi connectivity index (χ1) is 14.7. The largest absolute Gasteiger partial charge is 0.376 e. The number of aromatic nitrogens is 2. The first-order valence-electron chi connectivity index (χ1n) is 10.5. The maximum atomic E-state index is 12.6. The van der Waals surface area contributed by atoms with Gasteiger partial charge in [0.25, 0.3) is 0 Å². The smallest absolute Gasteiger partial charge is 0.143 e. The highest BCUT2D eigenvalue weighted by Gasteiger charge is 2.22. The van der Waals surface area contributed by atoms with Crippen LogP contribution in [0.1, 0.15) is 18.5 Å². The summed E-state index contributed by atoms with van der Waals surface area (Å²) in [6.45, 7) is 4.21. The lowest BCUT2D eigenvalue weighted by atomic mass is 9.92. The molecule has 4 rings (SSSR count). The number of nitrogens with zero attached hydrogens (tertiary/aromatic N) is 2. The molecule has 2 aliphatic heterocycles. The summed E-state index contributed by atoms with van der Waals surface area (Å²) in [6, 6.07) is 7.62. The van der Waals surface area contributed by atoms with E-state index >= 15 is 0 Å². The number of hydrogen-bond donors (Lipinski definition) is 2. The molecule has 30 heavy (non-hydrogen) atoms. The molecular weight excluding hydrogens is 404 g/mol. The van der Waals surface area contributed by atoms with Gasteiger partial charge in [-0.1, -0.05) is 17.7 Å². The molecule has 0 saturated carbocycles. The number of pyridine rings is 2. The summed E-state index contributed by atoms with van der Waals surface area (Å²) in [5.41, 5.74) is 2.23. The predicted molar refractivity (Wildman–Crippen MR) is 116 cm³/mol. The van der Waals surface area contributed by atoms with Gasteiger partial charge in [-0.2, -0.15) is 0 Å². The first-order valence-corrected chi connectivity index (χ1v) is 10.9. The molecule has 2 aromatic rings. The quantitative estimate of drug-likeness (QED) is 0.698. The summed E-state index contributed by atoms with van der Waals surface area (Å²) in [6.07, 6.45) is 3.91. The van der Waals surface area contributed by atoms with Crippen molar-refractivity contribution in [3.63, 3.8) is 0 Å². The zero-order chi connectivity index (χ0) is 20.8. The number of carbonyl (C=O) groups excluding carboxylic acids is 1. The number of ketones is 1. The van der Waals surface area contributed by atoms with Crippen molar-refractivity contribution in [1.82, 2.24) is 15.3 Å². The molecular formula is C22H27ClN4O3. The van der Waals surface area contributed by atoms with Crippen LogP contribution in [0.2, 0.25) is 5.02 Å². The van der Waals surface area contributed by atoms with Gasteiger partial charge in [-0.25, -0.2) is 4.98 Å². The van der Waals surface area contributed by atoms with Crippen LogP contribution in [0, 0.1) is 5.92 Å². The van der Waals surface area contributed by atoms with E-state index in [2.05, 4.69) is 20.6 Å². The van der Waals surface area contributed by atoms with Crippen LogP contribution >= 0.6 is 11.6 Å². The molecule has 0 amide bonds. The number of rotatable bonds is 7. The maximum Gasteiger partial charge on any atom is 0.143 e. The van der Waals surface area contributed by atoms with E-state index in [9.17, 15) is 4.79 Å². The molecule has 7 nitrogen and oxygen atoms in total. The van der Waals surface area contributed by atoms with Crippen molar-refractivity contribution in [3.8, 4) is 11.3 Å². The SMILES string of the molecule is O=C(Cc1cc(-c2cccc(NCC3COCCO3)n2)c(Cl)cn1)[C@@H]1CCCNC1. The standard InChI is InChI=1S/C22H27ClN4O3/c23-19-13-25-16(10-21(28)15-3-2-6-24-11-15)9-18(19)20-4-1-5-22(27-20)26-12-17-14-29-7-8-30-17/h1,4-5,9,13,15,17,24H,2-3,6-8,10-12,14H2,(H,26,27)/t15-,17?/m1/s1. The Hall–Kier alpha value is -2.06. The third-order valence-corrected chi connectivity index (χ3v) is 5.74. The van der Waals surface area contributed by atoms with E-state index < -0.39 is 0 Å². The molecule has 2 fully saturated rings. The lowest BCUT2D eigenvalue weighted by molar-refractivity contribution is -0.122. The highest BCUT2D eigenvalue weighted by atomic mass is 35.5. The van der Waals surface area contributed by atoms with Crippen molar-refractivity contribution in [1.29, 1.82) is 0 Å². The summed E-state index contributed by atoms with van der Waals surface area (Å²) < 4.78 is 11.1. The molecule has 2 aliphatic rings. The van der Waals surface area contributed by atoms with E-state index in [0.717, 1.165) is 48.7 Å². The van der Waals surface area contributed by atoms with E-state index in [0.29, 0.717) is 37.8 Å². The van der Waals surface area contributed by atoms with Gasteiger partial charge in [0, 0.05) is 42.9 Å². The minimum atomic E-state index is 0.0145. The van der Waals surface area contributed by atoms with Crippen LogP contribution < -0.4 is 10.6 Å². The van der Waals surface area contributed by atoms with E-state index in [1.807, 2.05) is 24.3 Å². The number of halogens is 1. The highest BCUT2D eigenvalue weighted by molar-refractivity contribution is 6.33. The van der Waals surface area contributed by atoms with Gasteiger partial charge in [0.05, 0.1) is 36.6 Å². The molecule has 0 aromatic carbocycles. The van der Waals surface area contributed by atoms with Crippen LogP contribution in [0.5, 0.6) is 0 Å². The van der Waals surface area contributed by atoms with Gasteiger partial charge in [0.2, 0.25) is 0 Å². The average molecular weight is 431 g/mol. The second-order valence-electron chi connectivity index (χ2n) is 7.70. The Labute approximate surface area is 181 Å². The Balaban J connectivity index is 1.45. The molecule has 1 unspecified atom stereocenters. The fourth-order valence-electron chi connectivity index (χ4n) is 3.78. The fraction of sp³-hybridized carbons (Fsp3) is 0.500. The van der Waals surface area contributed by atoms with Crippen molar-refractivity contribution in [2.24, 2.45) is 5.92 Å². The summed E-state index contributed by atoms with van der Waals surface area (Å²) in [5.74, 6) is 1.03. The van der Waals surface area contributed by atoms with Crippen LogP contribution in [-0.4, -0.2) is 61.3 Å². The first kappa shape index (κ1) is 21.2. The van der Waals surface area contributed by atoms with Crippen molar-refractivity contribution in [3.05, 3.63) is 41.2 Å². The Bertz CT molecular complexity index is 867. The van der Waals surface area contributed by atoms with E-state index in [4.69, 9.17) is 21.1 Å². The molecule has 8 heteroatoms. The van der Waals surface area contributed by atoms with Gasteiger partial charge in [-0.05, 0) is 37.6 Å². The zero-order valence-electron chi connectivity index (χ0n) is 16.9. The summed E-state index contributed by atoms with van der Waals surface area (Å²) in [7, 11) is 0. The third-order valence-electron chi connectivity index (χ3n) is 5.44. The predicted octanol–water partition coefficient (Wildman–Crippen LogP) is 2.74. The van der Waals surface area contributed by atoms with Crippen LogP contribution in [0.3, 0.4) is 0 Å². The number of nitrogens with one attached hydrogen (secondary N) is 2. The lowest BCUT2D eigenvalue weighted by Gasteiger charge is -2.23. The number of Topliss-reactive ketones (excluding diaryl/α,β-unsaturated/α-hetero) is 1. The van der Waals surface area contributed by atoms with Crippen molar-refractivity contribution in [2.75, 3.05) is 44.8 Å². The lowest BCUT2D eigenvalue weighted by Crippen LogP contribution is -2.35. The third kappa shape index (κ3) is 5.55. The Morgan fingerprint density at radius 1 is 1.33 bits per heavy atom. The van der Waals surface area contributed by atoms with E-state index in [1.165, 1.54) is 0 Å². The van der Waals surface area contributed by atoms with Gasteiger partial charge in [-0.15, -0.1) is 0 Å². The topological polar surface area (TPSA) is 85.4 Å². The van der Waals surface area contributed by atoms with Gasteiger partial charge in [-0.3, -0.25) is 9.78 Å². The van der Waals surface area contributed by atoms with Crippen molar-refractivity contribution >= 4 is 23.2 Å². The molecule has 0 bridgehead atoms. The molecule has 2 atom stereocenters. The molecule has 2 aromatic heterocycles. The molecule has 160 valence electrons. The molecule has 2 saturated heterocycles. The van der Waals surface area contributed by atoms with E-state index in [-0.39, 0.29) is 17.8 Å². The minimum absolute atomic E-state index is 0.0145. The fourth-order valence-corrected chi connectivity index (χ4v) is 3.98. The normalized spacial score (nSPS) is 21.9. The van der Waals surface area contributed by atoms with E-state index in [1.54, 1.807) is 6.20 Å². The molecule has 0 aliphatic carbocycles. The second-order valence-corrected chi connectivity index (χ2v) is 8.11. The van der Waals surface area contributed by atoms with Gasteiger partial charge >= 0.3 is 0 Å². The van der Waals surface area contributed by atoms with Gasteiger partial charge in [0.15, 0.2) is 0 Å². The number of carbonyl (C=O) groups is 1. The zero-order valence-corrected chi connectivity index (χ0v) is 17.7. The monoisotopic (exact) mass is 430 g/mol. The number of anilines is 1. The van der Waals surface area contributed by atoms with Crippen LogP contribution in [-0.2, 0) is 20.7 Å². The maximum absolute atomic E-state index is 12.6. The molecule has 4 heterocycles. The van der Waals surface area contributed by atoms with Crippen LogP contribution in [0.25, 0.3) is 11.3 Å². The Morgan fingerprint density at radius 3 is 3.07 bits per heavy atom. The Kier molecular flexibility index (Phi) is 7.28. The molecule has 2 N–H and O–H groups in total. The van der Waals surface area contributed by atoms with Crippen LogP contribution in [0.4, 0.5) is 5.82 Å². The van der Waals surface area contributed by atoms with Crippen molar-refractivity contribution < 1.29 is 14.3 Å². The second kappa shape index (κ2) is 10.3. The highest BCUT2D eigenvalue weighted by Crippen LogP contribution is 2.28. The Morgan fingerprint density at radius 2 is 2.27 bits per heavy atom. The number of hydrogen-bond acceptors (Lipinski definition) is 7. The van der Waals surface area contributed by atoms with Gasteiger partial charge < -0.3 is 20.1 Å². The number of piperidine rings is 1. The number of ether oxygens (including phenoxy) is 2. The van der Waals surface area contributed by atoms with Crippen LogP contribution in [0.15, 0.2) is 30.5 Å². The molecule has 0 spiro atoms. The van der Waals surface area contributed by atoms with Crippen molar-refractivity contribution in [2.45, 2.75) is 25.4 Å².